The van der Waals surface area contributed by atoms with Gasteiger partial charge in [0.2, 0.25) is 0 Å². The fourth-order valence-corrected chi connectivity index (χ4v) is 2.54. The highest BCUT2D eigenvalue weighted by atomic mass is 35.5. The van der Waals surface area contributed by atoms with Crippen LogP contribution in [-0.4, -0.2) is 35.5 Å². The summed E-state index contributed by atoms with van der Waals surface area (Å²) in [5.41, 5.74) is 0.505. The maximum Gasteiger partial charge on any atom is 0.273 e. The molecule has 1 heterocycles. The number of nitrogens with zero attached hydrogens (tertiary/aromatic N) is 2. The molecule has 0 N–H and O–H groups in total. The number of rotatable bonds is 6. The summed E-state index contributed by atoms with van der Waals surface area (Å²) in [6, 6.07) is 7.17. The third-order valence-electron chi connectivity index (χ3n) is 2.95. The second-order valence-electron chi connectivity index (χ2n) is 4.44. The van der Waals surface area contributed by atoms with Gasteiger partial charge in [-0.3, -0.25) is 4.79 Å². The number of aryl methyl sites for hydroxylation is 1. The molecule has 0 aliphatic carbocycles. The van der Waals surface area contributed by atoms with Gasteiger partial charge in [0.05, 0.1) is 11.6 Å². The summed E-state index contributed by atoms with van der Waals surface area (Å²) in [6.45, 7) is 5.42. The Morgan fingerprint density at radius 3 is 2.67 bits per heavy atom. The van der Waals surface area contributed by atoms with Crippen LogP contribution < -0.4 is 4.74 Å². The van der Waals surface area contributed by atoms with Crippen molar-refractivity contribution in [2.45, 2.75) is 13.8 Å². The minimum atomic E-state index is -0.0541. The SMILES string of the molecule is CCN(CCOc1ccc(Cl)cc1)C(=O)c1csc(C)n1. The van der Waals surface area contributed by atoms with Crippen molar-refractivity contribution in [2.75, 3.05) is 19.7 Å². The van der Waals surface area contributed by atoms with E-state index in [0.29, 0.717) is 30.4 Å². The summed E-state index contributed by atoms with van der Waals surface area (Å²) < 4.78 is 5.61. The first-order valence-electron chi connectivity index (χ1n) is 6.70. The van der Waals surface area contributed by atoms with Crippen molar-refractivity contribution >= 4 is 28.8 Å². The number of ether oxygens (including phenoxy) is 1. The molecule has 0 saturated carbocycles. The van der Waals surface area contributed by atoms with Crippen LogP contribution in [0.1, 0.15) is 22.4 Å². The van der Waals surface area contributed by atoms with Crippen molar-refractivity contribution in [3.8, 4) is 5.75 Å². The van der Waals surface area contributed by atoms with Crippen LogP contribution >= 0.6 is 22.9 Å². The van der Waals surface area contributed by atoms with Gasteiger partial charge < -0.3 is 9.64 Å². The first kappa shape index (κ1) is 15.8. The number of thiazole rings is 1. The quantitative estimate of drug-likeness (QED) is 0.814. The Balaban J connectivity index is 1.87. The number of likely N-dealkylation sites (N-methyl/N-ethyl adjacent to an activating group) is 1. The van der Waals surface area contributed by atoms with E-state index in [1.165, 1.54) is 11.3 Å². The van der Waals surface area contributed by atoms with E-state index < -0.39 is 0 Å². The van der Waals surface area contributed by atoms with Crippen molar-refractivity contribution in [3.63, 3.8) is 0 Å². The number of carbonyl (C=O) groups is 1. The van der Waals surface area contributed by atoms with Crippen LogP contribution in [0, 0.1) is 6.92 Å². The number of hydrogen-bond acceptors (Lipinski definition) is 4. The largest absolute Gasteiger partial charge is 0.492 e. The Hall–Kier alpha value is -1.59. The number of carbonyl (C=O) groups excluding carboxylic acids is 1. The molecule has 0 unspecified atom stereocenters. The highest BCUT2D eigenvalue weighted by Gasteiger charge is 2.16. The van der Waals surface area contributed by atoms with Gasteiger partial charge in [-0.05, 0) is 38.1 Å². The van der Waals surface area contributed by atoms with Crippen molar-refractivity contribution in [2.24, 2.45) is 0 Å². The average molecular weight is 325 g/mol. The third-order valence-corrected chi connectivity index (χ3v) is 3.98. The van der Waals surface area contributed by atoms with Crippen LogP contribution in [-0.2, 0) is 0 Å². The number of halogens is 1. The molecule has 1 aromatic carbocycles. The fraction of sp³-hybridized carbons (Fsp3) is 0.333. The summed E-state index contributed by atoms with van der Waals surface area (Å²) >= 11 is 7.30. The molecule has 1 amide bonds. The molecule has 2 rings (SSSR count). The lowest BCUT2D eigenvalue weighted by Crippen LogP contribution is -2.34. The van der Waals surface area contributed by atoms with Gasteiger partial charge in [-0.25, -0.2) is 4.98 Å². The number of aromatic nitrogens is 1. The Bertz CT molecular complexity index is 598. The van der Waals surface area contributed by atoms with E-state index in [2.05, 4.69) is 4.98 Å². The van der Waals surface area contributed by atoms with Gasteiger partial charge in [-0.2, -0.15) is 0 Å². The topological polar surface area (TPSA) is 42.4 Å². The molecule has 0 radical (unpaired) electrons. The second kappa shape index (κ2) is 7.43. The van der Waals surface area contributed by atoms with Crippen LogP contribution in [0.15, 0.2) is 29.6 Å². The Kier molecular flexibility index (Phi) is 5.59. The van der Waals surface area contributed by atoms with Crippen LogP contribution in [0.25, 0.3) is 0 Å². The van der Waals surface area contributed by atoms with Crippen molar-refractivity contribution in [3.05, 3.63) is 45.4 Å². The average Bonchev–Trinajstić information content (AvgIpc) is 2.91. The molecule has 0 saturated heterocycles. The highest BCUT2D eigenvalue weighted by Crippen LogP contribution is 2.15. The summed E-state index contributed by atoms with van der Waals surface area (Å²) in [7, 11) is 0. The predicted molar refractivity (Wildman–Crippen MR) is 85.4 cm³/mol. The first-order valence-corrected chi connectivity index (χ1v) is 7.95. The number of amides is 1. The van der Waals surface area contributed by atoms with Gasteiger partial charge >= 0.3 is 0 Å². The van der Waals surface area contributed by atoms with Crippen LogP contribution in [0.3, 0.4) is 0 Å². The molecule has 4 nitrogen and oxygen atoms in total. The van der Waals surface area contributed by atoms with E-state index in [-0.39, 0.29) is 5.91 Å². The normalized spacial score (nSPS) is 10.4. The van der Waals surface area contributed by atoms with Crippen LogP contribution in [0.5, 0.6) is 5.75 Å². The van der Waals surface area contributed by atoms with Gasteiger partial charge in [0.25, 0.3) is 5.91 Å². The van der Waals surface area contributed by atoms with Crippen molar-refractivity contribution in [1.29, 1.82) is 0 Å². The van der Waals surface area contributed by atoms with Crippen molar-refractivity contribution < 1.29 is 9.53 Å². The predicted octanol–water partition coefficient (Wildman–Crippen LogP) is 3.65. The molecule has 0 aliphatic heterocycles. The van der Waals surface area contributed by atoms with Gasteiger partial charge in [0, 0.05) is 16.9 Å². The molecule has 0 spiro atoms. The minimum absolute atomic E-state index is 0.0541. The van der Waals surface area contributed by atoms with E-state index in [1.807, 2.05) is 26.0 Å². The molecule has 2 aromatic rings. The maximum atomic E-state index is 12.3. The standard InChI is InChI=1S/C15H17ClN2O2S/c1-3-18(15(19)14-10-21-11(2)17-14)8-9-20-13-6-4-12(16)5-7-13/h4-7,10H,3,8-9H2,1-2H3. The van der Waals surface area contributed by atoms with Crippen molar-refractivity contribution in [1.82, 2.24) is 9.88 Å². The van der Waals surface area contributed by atoms with Gasteiger partial charge in [0.15, 0.2) is 0 Å². The summed E-state index contributed by atoms with van der Waals surface area (Å²) in [5, 5.41) is 3.36. The van der Waals surface area contributed by atoms with E-state index in [0.717, 1.165) is 10.8 Å². The number of benzene rings is 1. The van der Waals surface area contributed by atoms with Crippen LogP contribution in [0.2, 0.25) is 5.02 Å². The molecule has 0 atom stereocenters. The fourth-order valence-electron chi connectivity index (χ4n) is 1.83. The molecule has 21 heavy (non-hydrogen) atoms. The zero-order valence-electron chi connectivity index (χ0n) is 12.0. The maximum absolute atomic E-state index is 12.3. The molecule has 6 heteroatoms. The molecule has 0 aliphatic rings. The Labute approximate surface area is 133 Å². The van der Waals surface area contributed by atoms with E-state index in [1.54, 1.807) is 22.4 Å². The highest BCUT2D eigenvalue weighted by molar-refractivity contribution is 7.09. The molecule has 0 bridgehead atoms. The number of hydrogen-bond donors (Lipinski definition) is 0. The molecular weight excluding hydrogens is 308 g/mol. The summed E-state index contributed by atoms with van der Waals surface area (Å²) in [6.07, 6.45) is 0. The first-order chi connectivity index (χ1) is 10.1. The van der Waals surface area contributed by atoms with E-state index in [4.69, 9.17) is 16.3 Å². The zero-order chi connectivity index (χ0) is 15.2. The smallest absolute Gasteiger partial charge is 0.273 e. The lowest BCUT2D eigenvalue weighted by Gasteiger charge is -2.20. The van der Waals surface area contributed by atoms with Gasteiger partial charge in [0.1, 0.15) is 18.1 Å². The molecule has 1 aromatic heterocycles. The van der Waals surface area contributed by atoms with Gasteiger partial charge in [-0.15, -0.1) is 11.3 Å². The Morgan fingerprint density at radius 1 is 1.38 bits per heavy atom. The van der Waals surface area contributed by atoms with E-state index >= 15 is 0 Å². The monoisotopic (exact) mass is 324 g/mol. The molecule has 112 valence electrons. The Morgan fingerprint density at radius 2 is 2.10 bits per heavy atom. The van der Waals surface area contributed by atoms with Crippen LogP contribution in [0.4, 0.5) is 0 Å². The lowest BCUT2D eigenvalue weighted by atomic mass is 10.3. The molecular formula is C15H17ClN2O2S. The minimum Gasteiger partial charge on any atom is -0.492 e. The van der Waals surface area contributed by atoms with E-state index in [9.17, 15) is 4.79 Å². The van der Waals surface area contributed by atoms with Gasteiger partial charge in [-0.1, -0.05) is 11.6 Å². The summed E-state index contributed by atoms with van der Waals surface area (Å²) in [4.78, 5) is 18.2. The summed E-state index contributed by atoms with van der Waals surface area (Å²) in [5.74, 6) is 0.689. The molecule has 0 fully saturated rings. The lowest BCUT2D eigenvalue weighted by molar-refractivity contribution is 0.0734. The zero-order valence-corrected chi connectivity index (χ0v) is 13.6. The third kappa shape index (κ3) is 4.44. The second-order valence-corrected chi connectivity index (χ2v) is 5.94.